The van der Waals surface area contributed by atoms with Crippen LogP contribution in [0.5, 0.6) is 0 Å². The maximum Gasteiger partial charge on any atom is 0.356 e. The van der Waals surface area contributed by atoms with Crippen LogP contribution in [0.3, 0.4) is 0 Å². The molecule has 0 unspecified atom stereocenters. The topological polar surface area (TPSA) is 67.5 Å². The summed E-state index contributed by atoms with van der Waals surface area (Å²) in [6, 6.07) is 13.6. The quantitative estimate of drug-likeness (QED) is 0.800. The maximum absolute atomic E-state index is 11.3. The average Bonchev–Trinajstić information content (AvgIpc) is 3.24. The van der Waals surface area contributed by atoms with Crippen LogP contribution in [0.4, 0.5) is 0 Å². The molecule has 0 amide bonds. The van der Waals surface area contributed by atoms with Crippen molar-refractivity contribution in [2.75, 3.05) is 0 Å². The van der Waals surface area contributed by atoms with Gasteiger partial charge in [0.15, 0.2) is 11.3 Å². The summed E-state index contributed by atoms with van der Waals surface area (Å²) in [6.07, 6.45) is 4.66. The molecule has 0 radical (unpaired) electrons. The van der Waals surface area contributed by atoms with E-state index in [0.29, 0.717) is 11.6 Å². The van der Waals surface area contributed by atoms with Crippen molar-refractivity contribution in [2.24, 2.45) is 0 Å². The molecular weight excluding hydrogens is 290 g/mol. The number of aromatic nitrogens is 3. The minimum atomic E-state index is -1.02. The van der Waals surface area contributed by atoms with Crippen molar-refractivity contribution in [1.29, 1.82) is 0 Å². The molecule has 1 N–H and O–H groups in total. The highest BCUT2D eigenvalue weighted by Gasteiger charge is 2.23. The lowest BCUT2D eigenvalue weighted by Gasteiger charge is -2.13. The molecule has 1 aromatic carbocycles. The number of rotatable bonds is 3. The van der Waals surface area contributed by atoms with E-state index in [-0.39, 0.29) is 5.69 Å². The third-order valence-corrected chi connectivity index (χ3v) is 4.52. The standard InChI is InChI=1S/C18H17N3O2/c22-18(23)15-11-17-19-14(12-6-2-1-3-7-12)10-16(21(17)20-15)13-8-4-5-9-13/h1-3,6-7,10-11,13H,4-5,8-9H2,(H,22,23). The summed E-state index contributed by atoms with van der Waals surface area (Å²) in [5.74, 6) is -0.598. The summed E-state index contributed by atoms with van der Waals surface area (Å²) in [7, 11) is 0. The lowest BCUT2D eigenvalue weighted by Crippen LogP contribution is -2.06. The second-order valence-corrected chi connectivity index (χ2v) is 6.02. The van der Waals surface area contributed by atoms with Crippen LogP contribution in [0.25, 0.3) is 16.9 Å². The molecule has 0 spiro atoms. The fourth-order valence-corrected chi connectivity index (χ4v) is 3.37. The van der Waals surface area contributed by atoms with Crippen molar-refractivity contribution in [3.05, 3.63) is 53.9 Å². The molecule has 0 aliphatic heterocycles. The van der Waals surface area contributed by atoms with E-state index in [2.05, 4.69) is 16.1 Å². The Kier molecular flexibility index (Phi) is 3.33. The van der Waals surface area contributed by atoms with Gasteiger partial charge in [-0.2, -0.15) is 5.10 Å². The smallest absolute Gasteiger partial charge is 0.356 e. The van der Waals surface area contributed by atoms with E-state index in [1.54, 1.807) is 10.6 Å². The van der Waals surface area contributed by atoms with Crippen LogP contribution in [0.15, 0.2) is 42.5 Å². The van der Waals surface area contributed by atoms with Gasteiger partial charge < -0.3 is 5.11 Å². The normalized spacial score (nSPS) is 15.3. The van der Waals surface area contributed by atoms with E-state index in [9.17, 15) is 9.90 Å². The van der Waals surface area contributed by atoms with Gasteiger partial charge >= 0.3 is 5.97 Å². The van der Waals surface area contributed by atoms with Crippen molar-refractivity contribution >= 4 is 11.6 Å². The van der Waals surface area contributed by atoms with Crippen LogP contribution in [-0.4, -0.2) is 25.7 Å². The number of aromatic carboxylic acids is 1. The van der Waals surface area contributed by atoms with Gasteiger partial charge in [0.25, 0.3) is 0 Å². The predicted octanol–water partition coefficient (Wildman–Crippen LogP) is 3.75. The molecule has 0 saturated heterocycles. The van der Waals surface area contributed by atoms with E-state index in [0.717, 1.165) is 29.8 Å². The van der Waals surface area contributed by atoms with Crippen molar-refractivity contribution in [3.8, 4) is 11.3 Å². The van der Waals surface area contributed by atoms with Crippen LogP contribution < -0.4 is 0 Å². The number of benzene rings is 1. The van der Waals surface area contributed by atoms with E-state index >= 15 is 0 Å². The Morgan fingerprint density at radius 2 is 1.87 bits per heavy atom. The molecule has 2 heterocycles. The predicted molar refractivity (Wildman–Crippen MR) is 86.6 cm³/mol. The Morgan fingerprint density at radius 1 is 1.13 bits per heavy atom. The molecule has 1 saturated carbocycles. The molecule has 3 aromatic rings. The van der Waals surface area contributed by atoms with Crippen LogP contribution in [0.1, 0.15) is 47.8 Å². The van der Waals surface area contributed by atoms with Gasteiger partial charge in [0, 0.05) is 23.2 Å². The minimum Gasteiger partial charge on any atom is -0.476 e. The van der Waals surface area contributed by atoms with Crippen LogP contribution in [0.2, 0.25) is 0 Å². The largest absolute Gasteiger partial charge is 0.476 e. The molecule has 116 valence electrons. The van der Waals surface area contributed by atoms with Crippen LogP contribution >= 0.6 is 0 Å². The summed E-state index contributed by atoms with van der Waals surface area (Å²) in [4.78, 5) is 15.9. The monoisotopic (exact) mass is 307 g/mol. The number of fused-ring (bicyclic) bond motifs is 1. The Hall–Kier alpha value is -2.69. The first-order valence-electron chi connectivity index (χ1n) is 7.92. The van der Waals surface area contributed by atoms with Gasteiger partial charge in [0.2, 0.25) is 0 Å². The molecule has 4 rings (SSSR count). The number of carboxylic acid groups (broad SMARTS) is 1. The average molecular weight is 307 g/mol. The first kappa shape index (κ1) is 13.9. The molecule has 23 heavy (non-hydrogen) atoms. The van der Waals surface area contributed by atoms with Gasteiger partial charge in [-0.25, -0.2) is 14.3 Å². The zero-order chi connectivity index (χ0) is 15.8. The Bertz CT molecular complexity index is 865. The minimum absolute atomic E-state index is 0.0435. The molecule has 1 aliphatic carbocycles. The Balaban J connectivity index is 1.93. The summed E-state index contributed by atoms with van der Waals surface area (Å²) >= 11 is 0. The number of hydrogen-bond acceptors (Lipinski definition) is 3. The van der Waals surface area contributed by atoms with Gasteiger partial charge in [0.1, 0.15) is 0 Å². The molecule has 1 aliphatic rings. The molecule has 2 aromatic heterocycles. The summed E-state index contributed by atoms with van der Waals surface area (Å²) in [5, 5.41) is 13.5. The van der Waals surface area contributed by atoms with E-state index in [1.807, 2.05) is 30.3 Å². The van der Waals surface area contributed by atoms with Crippen molar-refractivity contribution in [1.82, 2.24) is 14.6 Å². The van der Waals surface area contributed by atoms with Crippen LogP contribution in [0, 0.1) is 0 Å². The second kappa shape index (κ2) is 5.50. The van der Waals surface area contributed by atoms with Gasteiger partial charge in [-0.15, -0.1) is 0 Å². The molecule has 1 fully saturated rings. The van der Waals surface area contributed by atoms with Gasteiger partial charge in [0.05, 0.1) is 5.69 Å². The first-order chi connectivity index (χ1) is 11.2. The van der Waals surface area contributed by atoms with Gasteiger partial charge in [-0.05, 0) is 18.9 Å². The summed E-state index contributed by atoms with van der Waals surface area (Å²) in [6.45, 7) is 0. The third kappa shape index (κ3) is 2.48. The molecule has 5 nitrogen and oxygen atoms in total. The number of carboxylic acids is 1. The van der Waals surface area contributed by atoms with E-state index in [4.69, 9.17) is 0 Å². The Morgan fingerprint density at radius 3 is 2.57 bits per heavy atom. The SMILES string of the molecule is O=C(O)c1cc2nc(-c3ccccc3)cc(C3CCCC3)n2n1. The fraction of sp³-hybridized carbons (Fsp3) is 0.278. The highest BCUT2D eigenvalue weighted by atomic mass is 16.4. The third-order valence-electron chi connectivity index (χ3n) is 4.52. The molecular formula is C18H17N3O2. The van der Waals surface area contributed by atoms with E-state index < -0.39 is 5.97 Å². The number of hydrogen-bond donors (Lipinski definition) is 1. The maximum atomic E-state index is 11.3. The zero-order valence-electron chi connectivity index (χ0n) is 12.6. The Labute approximate surface area is 133 Å². The lowest BCUT2D eigenvalue weighted by molar-refractivity contribution is 0.0690. The van der Waals surface area contributed by atoms with Crippen molar-refractivity contribution < 1.29 is 9.90 Å². The van der Waals surface area contributed by atoms with Gasteiger partial charge in [-0.3, -0.25) is 0 Å². The van der Waals surface area contributed by atoms with Gasteiger partial charge in [-0.1, -0.05) is 43.2 Å². The van der Waals surface area contributed by atoms with E-state index in [1.165, 1.54) is 12.8 Å². The van der Waals surface area contributed by atoms with Crippen molar-refractivity contribution in [3.63, 3.8) is 0 Å². The number of nitrogens with zero attached hydrogens (tertiary/aromatic N) is 3. The lowest BCUT2D eigenvalue weighted by atomic mass is 10.0. The highest BCUT2D eigenvalue weighted by Crippen LogP contribution is 2.35. The first-order valence-corrected chi connectivity index (χ1v) is 7.92. The summed E-state index contributed by atoms with van der Waals surface area (Å²) < 4.78 is 1.71. The number of carbonyl (C=O) groups is 1. The molecule has 0 bridgehead atoms. The van der Waals surface area contributed by atoms with Crippen molar-refractivity contribution in [2.45, 2.75) is 31.6 Å². The zero-order valence-corrected chi connectivity index (χ0v) is 12.6. The highest BCUT2D eigenvalue weighted by molar-refractivity contribution is 5.86. The van der Waals surface area contributed by atoms with Crippen LogP contribution in [-0.2, 0) is 0 Å². The molecule has 5 heteroatoms. The summed E-state index contributed by atoms with van der Waals surface area (Å²) in [5.41, 5.74) is 3.62. The molecule has 0 atom stereocenters. The fourth-order valence-electron chi connectivity index (χ4n) is 3.37. The second-order valence-electron chi connectivity index (χ2n) is 6.02.